The third-order valence-electron chi connectivity index (χ3n) is 4.44. The molecule has 1 aromatic carbocycles. The second-order valence-electron chi connectivity index (χ2n) is 6.74. The van der Waals surface area contributed by atoms with Gasteiger partial charge in [-0.15, -0.1) is 0 Å². The minimum absolute atomic E-state index is 0.00236. The fourth-order valence-corrected chi connectivity index (χ4v) is 2.77. The maximum absolute atomic E-state index is 5.48. The van der Waals surface area contributed by atoms with Crippen molar-refractivity contribution in [2.24, 2.45) is 13.0 Å². The van der Waals surface area contributed by atoms with Crippen LogP contribution < -0.4 is 0 Å². The molecule has 0 aliphatic carbocycles. The van der Waals surface area contributed by atoms with Crippen LogP contribution in [0.4, 0.5) is 0 Å². The minimum Gasteiger partial charge on any atom is -0.379 e. The normalized spacial score (nSPS) is 13.8. The van der Waals surface area contributed by atoms with Gasteiger partial charge in [0.2, 0.25) is 0 Å². The highest BCUT2D eigenvalue weighted by atomic mass is 16.5. The van der Waals surface area contributed by atoms with E-state index < -0.39 is 0 Å². The van der Waals surface area contributed by atoms with Crippen molar-refractivity contribution >= 4 is 11.0 Å². The second kappa shape index (κ2) is 6.61. The molecule has 0 radical (unpaired) electrons. The zero-order valence-electron chi connectivity index (χ0n) is 14.0. The van der Waals surface area contributed by atoms with E-state index in [2.05, 4.69) is 56.7 Å². The van der Waals surface area contributed by atoms with Gasteiger partial charge in [0.1, 0.15) is 5.82 Å². The number of nitrogens with zero attached hydrogens (tertiary/aromatic N) is 2. The predicted octanol–water partition coefficient (Wildman–Crippen LogP) is 4.35. The van der Waals surface area contributed by atoms with Gasteiger partial charge >= 0.3 is 0 Å². The highest BCUT2D eigenvalue weighted by Gasteiger charge is 2.17. The van der Waals surface area contributed by atoms with Gasteiger partial charge in [0, 0.05) is 20.6 Å². The molecule has 0 saturated carbocycles. The zero-order chi connectivity index (χ0) is 15.5. The molecule has 0 spiro atoms. The number of hydrogen-bond acceptors (Lipinski definition) is 2. The maximum Gasteiger partial charge on any atom is 0.109 e. The average molecular weight is 288 g/mol. The average Bonchev–Trinajstić information content (AvgIpc) is 2.76. The van der Waals surface area contributed by atoms with Crippen molar-refractivity contribution in [1.29, 1.82) is 0 Å². The number of aromatic nitrogens is 2. The lowest BCUT2D eigenvalue weighted by molar-refractivity contribution is 0.0127. The monoisotopic (exact) mass is 288 g/mol. The number of aryl methyl sites for hydroxylation is 1. The van der Waals surface area contributed by atoms with Crippen molar-refractivity contribution in [2.75, 3.05) is 7.11 Å². The van der Waals surface area contributed by atoms with E-state index in [1.165, 1.54) is 24.2 Å². The first-order chi connectivity index (χ1) is 9.93. The molecule has 1 heterocycles. The highest BCUT2D eigenvalue weighted by molar-refractivity contribution is 5.75. The molecular formula is C18H28N2O. The Morgan fingerprint density at radius 3 is 2.67 bits per heavy atom. The van der Waals surface area contributed by atoms with E-state index >= 15 is 0 Å². The molecule has 2 aromatic rings. The van der Waals surface area contributed by atoms with Crippen molar-refractivity contribution in [3.05, 3.63) is 30.1 Å². The fourth-order valence-electron chi connectivity index (χ4n) is 2.77. The Kier molecular flexibility index (Phi) is 5.04. The lowest BCUT2D eigenvalue weighted by Crippen LogP contribution is -2.22. The smallest absolute Gasteiger partial charge is 0.109 e. The van der Waals surface area contributed by atoms with E-state index in [0.29, 0.717) is 5.92 Å². The van der Waals surface area contributed by atoms with Crippen molar-refractivity contribution < 1.29 is 4.74 Å². The van der Waals surface area contributed by atoms with Gasteiger partial charge in [-0.25, -0.2) is 4.98 Å². The molecule has 2 rings (SSSR count). The van der Waals surface area contributed by atoms with Crippen LogP contribution >= 0.6 is 0 Å². The summed E-state index contributed by atoms with van der Waals surface area (Å²) < 4.78 is 7.71. The lowest BCUT2D eigenvalue weighted by Gasteiger charge is -2.23. The molecule has 0 aliphatic rings. The number of rotatable bonds is 7. The molecule has 116 valence electrons. The van der Waals surface area contributed by atoms with Crippen molar-refractivity contribution in [3.8, 4) is 0 Å². The van der Waals surface area contributed by atoms with Gasteiger partial charge < -0.3 is 9.30 Å². The minimum atomic E-state index is -0.00236. The Labute approximate surface area is 128 Å². The number of fused-ring (bicyclic) bond motifs is 1. The van der Waals surface area contributed by atoms with Crippen molar-refractivity contribution in [3.63, 3.8) is 0 Å². The Morgan fingerprint density at radius 2 is 2.00 bits per heavy atom. The van der Waals surface area contributed by atoms with Gasteiger partial charge in [-0.3, -0.25) is 0 Å². The standard InChI is InChI=1S/C18H28N2O/c1-14(9-8-12-18(2,3)21-5)13-17-19-15-10-6-7-11-16(15)20(17)4/h6-7,10-11,14H,8-9,12-13H2,1-5H3/t14-/m1/s1. The number of ether oxygens (including phenoxy) is 1. The Hall–Kier alpha value is -1.35. The fraction of sp³-hybridized carbons (Fsp3) is 0.611. The molecule has 0 saturated heterocycles. The van der Waals surface area contributed by atoms with Crippen LogP contribution in [0.5, 0.6) is 0 Å². The Balaban J connectivity index is 1.92. The number of hydrogen-bond donors (Lipinski definition) is 0. The summed E-state index contributed by atoms with van der Waals surface area (Å²) in [6.07, 6.45) is 4.57. The Bertz CT molecular complexity index is 586. The van der Waals surface area contributed by atoms with Crippen LogP contribution in [0.25, 0.3) is 11.0 Å². The summed E-state index contributed by atoms with van der Waals surface area (Å²) in [5.74, 6) is 1.84. The van der Waals surface area contributed by atoms with Gasteiger partial charge in [-0.1, -0.05) is 31.9 Å². The number of para-hydroxylation sites is 2. The predicted molar refractivity (Wildman–Crippen MR) is 88.5 cm³/mol. The molecule has 1 atom stereocenters. The van der Waals surface area contributed by atoms with Gasteiger partial charge in [-0.05, 0) is 38.3 Å². The molecule has 21 heavy (non-hydrogen) atoms. The van der Waals surface area contributed by atoms with E-state index in [1.807, 2.05) is 0 Å². The van der Waals surface area contributed by atoms with Gasteiger partial charge in [0.15, 0.2) is 0 Å². The van der Waals surface area contributed by atoms with Crippen molar-refractivity contribution in [2.45, 2.75) is 52.1 Å². The van der Waals surface area contributed by atoms with Crippen LogP contribution in [-0.2, 0) is 18.2 Å². The Morgan fingerprint density at radius 1 is 1.29 bits per heavy atom. The van der Waals surface area contributed by atoms with Crippen molar-refractivity contribution in [1.82, 2.24) is 9.55 Å². The quantitative estimate of drug-likeness (QED) is 0.757. The molecule has 3 heteroatoms. The first-order valence-corrected chi connectivity index (χ1v) is 7.88. The van der Waals surface area contributed by atoms with E-state index in [4.69, 9.17) is 9.72 Å². The molecule has 0 fully saturated rings. The first-order valence-electron chi connectivity index (χ1n) is 7.88. The molecule has 0 amide bonds. The van der Waals surface area contributed by atoms with Crippen LogP contribution in [-0.4, -0.2) is 22.3 Å². The highest BCUT2D eigenvalue weighted by Crippen LogP contribution is 2.22. The van der Waals surface area contributed by atoms with E-state index in [9.17, 15) is 0 Å². The number of imidazole rings is 1. The SMILES string of the molecule is COC(C)(C)CCC[C@@H](C)Cc1nc2ccccc2n1C. The summed E-state index contributed by atoms with van der Waals surface area (Å²) in [6, 6.07) is 8.35. The summed E-state index contributed by atoms with van der Waals surface area (Å²) in [7, 11) is 3.91. The van der Waals surface area contributed by atoms with Crippen LogP contribution in [0, 0.1) is 5.92 Å². The number of methoxy groups -OCH3 is 1. The third kappa shape index (κ3) is 4.07. The molecule has 0 aliphatic heterocycles. The van der Waals surface area contributed by atoms with Gasteiger partial charge in [0.05, 0.1) is 16.6 Å². The zero-order valence-corrected chi connectivity index (χ0v) is 14.0. The lowest BCUT2D eigenvalue weighted by atomic mass is 9.95. The second-order valence-corrected chi connectivity index (χ2v) is 6.74. The number of benzene rings is 1. The molecule has 1 aromatic heterocycles. The maximum atomic E-state index is 5.48. The van der Waals surface area contributed by atoms with Crippen LogP contribution in [0.1, 0.15) is 45.9 Å². The van der Waals surface area contributed by atoms with E-state index in [1.54, 1.807) is 7.11 Å². The third-order valence-corrected chi connectivity index (χ3v) is 4.44. The first kappa shape index (κ1) is 16.0. The summed E-state index contributed by atoms with van der Waals surface area (Å²) in [5.41, 5.74) is 2.32. The summed E-state index contributed by atoms with van der Waals surface area (Å²) in [4.78, 5) is 4.76. The van der Waals surface area contributed by atoms with E-state index in [-0.39, 0.29) is 5.60 Å². The van der Waals surface area contributed by atoms with Gasteiger partial charge in [0.25, 0.3) is 0 Å². The van der Waals surface area contributed by atoms with E-state index in [0.717, 1.165) is 18.4 Å². The summed E-state index contributed by atoms with van der Waals surface area (Å²) in [5, 5.41) is 0. The van der Waals surface area contributed by atoms with Crippen LogP contribution in [0.3, 0.4) is 0 Å². The molecule has 0 unspecified atom stereocenters. The molecule has 0 bridgehead atoms. The topological polar surface area (TPSA) is 27.1 Å². The van der Waals surface area contributed by atoms with Crippen LogP contribution in [0.15, 0.2) is 24.3 Å². The summed E-state index contributed by atoms with van der Waals surface area (Å²) in [6.45, 7) is 6.63. The largest absolute Gasteiger partial charge is 0.379 e. The molecule has 3 nitrogen and oxygen atoms in total. The molecule has 0 N–H and O–H groups in total. The van der Waals surface area contributed by atoms with Crippen LogP contribution in [0.2, 0.25) is 0 Å². The molecular weight excluding hydrogens is 260 g/mol. The van der Waals surface area contributed by atoms with Gasteiger partial charge in [-0.2, -0.15) is 0 Å². The summed E-state index contributed by atoms with van der Waals surface area (Å²) >= 11 is 0.